The fraction of sp³-hybridized carbons (Fsp3) is 0.500. The number of hydrogen-bond acceptors (Lipinski definition) is 2. The fourth-order valence-electron chi connectivity index (χ4n) is 1.30. The van der Waals surface area contributed by atoms with E-state index in [-0.39, 0.29) is 0 Å². The summed E-state index contributed by atoms with van der Waals surface area (Å²) in [5.74, 6) is 1.16. The van der Waals surface area contributed by atoms with Gasteiger partial charge in [0.05, 0.1) is 6.26 Å². The van der Waals surface area contributed by atoms with Gasteiger partial charge in [0, 0.05) is 13.1 Å². The lowest BCUT2D eigenvalue weighted by Gasteiger charge is -2.20. The maximum Gasteiger partial charge on any atom is 0.171 e. The molecule has 0 aliphatic carbocycles. The average molecular weight is 180 g/mol. The van der Waals surface area contributed by atoms with Crippen molar-refractivity contribution in [1.82, 2.24) is 4.90 Å². The first kappa shape index (κ1) is 9.84. The lowest BCUT2D eigenvalue weighted by molar-refractivity contribution is 0.443. The van der Waals surface area contributed by atoms with Gasteiger partial charge in [-0.3, -0.25) is 5.41 Å². The van der Waals surface area contributed by atoms with Gasteiger partial charge in [-0.05, 0) is 32.4 Å². The highest BCUT2D eigenvalue weighted by atomic mass is 16.3. The first-order chi connectivity index (χ1) is 6.20. The van der Waals surface area contributed by atoms with Gasteiger partial charge in [-0.25, -0.2) is 0 Å². The van der Waals surface area contributed by atoms with Gasteiger partial charge in [0.25, 0.3) is 0 Å². The summed E-state index contributed by atoms with van der Waals surface area (Å²) in [6.07, 6.45) is 1.63. The van der Waals surface area contributed by atoms with Crippen LogP contribution in [0.1, 0.15) is 25.2 Å². The summed E-state index contributed by atoms with van der Waals surface area (Å²) < 4.78 is 5.24. The molecule has 0 spiro atoms. The molecule has 0 aliphatic heterocycles. The molecule has 0 saturated carbocycles. The summed E-state index contributed by atoms with van der Waals surface area (Å²) in [6.45, 7) is 7.72. The normalized spacial score (nSPS) is 10.1. The van der Waals surface area contributed by atoms with E-state index >= 15 is 0 Å². The largest absolute Gasteiger partial charge is 0.461 e. The predicted octanol–water partition coefficient (Wildman–Crippen LogP) is 2.26. The summed E-state index contributed by atoms with van der Waals surface area (Å²) in [4.78, 5) is 1.96. The molecule has 0 radical (unpaired) electrons. The average Bonchev–Trinajstić information content (AvgIpc) is 2.53. The van der Waals surface area contributed by atoms with Crippen LogP contribution in [-0.2, 0) is 0 Å². The highest BCUT2D eigenvalue weighted by Crippen LogP contribution is 2.11. The molecule has 3 heteroatoms. The van der Waals surface area contributed by atoms with Crippen LogP contribution in [0, 0.1) is 12.3 Å². The number of nitrogens with zero attached hydrogens (tertiary/aromatic N) is 1. The molecule has 0 saturated heterocycles. The van der Waals surface area contributed by atoms with Gasteiger partial charge in [0.1, 0.15) is 0 Å². The van der Waals surface area contributed by atoms with E-state index in [1.807, 2.05) is 31.7 Å². The molecule has 0 aromatic carbocycles. The van der Waals surface area contributed by atoms with Gasteiger partial charge >= 0.3 is 0 Å². The molecule has 0 fully saturated rings. The molecular formula is C10H16N2O. The van der Waals surface area contributed by atoms with E-state index in [2.05, 4.69) is 0 Å². The second-order valence-electron chi connectivity index (χ2n) is 2.95. The molecule has 0 atom stereocenters. The zero-order valence-electron chi connectivity index (χ0n) is 8.42. The second kappa shape index (κ2) is 4.12. The summed E-state index contributed by atoms with van der Waals surface area (Å²) in [5.41, 5.74) is 1.02. The van der Waals surface area contributed by atoms with Gasteiger partial charge in [0.2, 0.25) is 0 Å². The SMILES string of the molecule is CCN(CC)C(=N)c1occc1C. The maximum absolute atomic E-state index is 7.88. The fourth-order valence-corrected chi connectivity index (χ4v) is 1.30. The molecule has 3 nitrogen and oxygen atoms in total. The van der Waals surface area contributed by atoms with E-state index in [1.54, 1.807) is 6.26 Å². The third kappa shape index (κ3) is 1.91. The lowest BCUT2D eigenvalue weighted by Crippen LogP contribution is -2.30. The van der Waals surface area contributed by atoms with Crippen LogP contribution in [0.15, 0.2) is 16.7 Å². The Labute approximate surface area is 78.9 Å². The predicted molar refractivity (Wildman–Crippen MR) is 53.2 cm³/mol. The van der Waals surface area contributed by atoms with Crippen molar-refractivity contribution in [1.29, 1.82) is 5.41 Å². The van der Waals surface area contributed by atoms with Crippen molar-refractivity contribution in [2.45, 2.75) is 20.8 Å². The van der Waals surface area contributed by atoms with E-state index in [1.165, 1.54) is 0 Å². The number of nitrogens with one attached hydrogen (secondary N) is 1. The number of rotatable bonds is 3. The Bertz CT molecular complexity index is 287. The van der Waals surface area contributed by atoms with E-state index in [9.17, 15) is 0 Å². The monoisotopic (exact) mass is 180 g/mol. The molecule has 1 aromatic rings. The van der Waals surface area contributed by atoms with Crippen LogP contribution in [0.4, 0.5) is 0 Å². The van der Waals surface area contributed by atoms with Crippen LogP contribution in [0.3, 0.4) is 0 Å². The van der Waals surface area contributed by atoms with Crippen LogP contribution in [0.25, 0.3) is 0 Å². The van der Waals surface area contributed by atoms with Crippen molar-refractivity contribution < 1.29 is 4.42 Å². The Morgan fingerprint density at radius 3 is 2.46 bits per heavy atom. The van der Waals surface area contributed by atoms with Gasteiger partial charge < -0.3 is 9.32 Å². The molecule has 0 amide bonds. The topological polar surface area (TPSA) is 40.2 Å². The van der Waals surface area contributed by atoms with Crippen LogP contribution >= 0.6 is 0 Å². The molecule has 72 valence electrons. The van der Waals surface area contributed by atoms with Crippen LogP contribution in [0.5, 0.6) is 0 Å². The Morgan fingerprint density at radius 1 is 1.46 bits per heavy atom. The quantitative estimate of drug-likeness (QED) is 0.572. The van der Waals surface area contributed by atoms with Crippen molar-refractivity contribution in [2.75, 3.05) is 13.1 Å². The second-order valence-corrected chi connectivity index (χ2v) is 2.95. The molecular weight excluding hydrogens is 164 g/mol. The summed E-state index contributed by atoms with van der Waals surface area (Å²) in [5, 5.41) is 7.88. The minimum atomic E-state index is 0.479. The first-order valence-electron chi connectivity index (χ1n) is 4.58. The van der Waals surface area contributed by atoms with Crippen LogP contribution in [-0.4, -0.2) is 23.8 Å². The molecule has 1 heterocycles. The maximum atomic E-state index is 7.88. The third-order valence-electron chi connectivity index (χ3n) is 2.16. The highest BCUT2D eigenvalue weighted by Gasteiger charge is 2.13. The highest BCUT2D eigenvalue weighted by molar-refractivity contribution is 5.94. The number of hydrogen-bond donors (Lipinski definition) is 1. The Kier molecular flexibility index (Phi) is 3.12. The summed E-state index contributed by atoms with van der Waals surface area (Å²) in [6, 6.07) is 1.88. The number of aryl methyl sites for hydroxylation is 1. The number of furan rings is 1. The molecule has 0 aliphatic rings. The molecule has 13 heavy (non-hydrogen) atoms. The van der Waals surface area contributed by atoms with Gasteiger partial charge in [-0.2, -0.15) is 0 Å². The summed E-state index contributed by atoms with van der Waals surface area (Å²) >= 11 is 0. The smallest absolute Gasteiger partial charge is 0.171 e. The van der Waals surface area contributed by atoms with Gasteiger partial charge in [-0.15, -0.1) is 0 Å². The standard InChI is InChI=1S/C10H16N2O/c1-4-12(5-2)10(11)9-8(3)6-7-13-9/h6-7,11H,4-5H2,1-3H3. The van der Waals surface area contributed by atoms with Crippen molar-refractivity contribution in [3.63, 3.8) is 0 Å². The van der Waals surface area contributed by atoms with E-state index in [4.69, 9.17) is 9.83 Å². The van der Waals surface area contributed by atoms with Gasteiger partial charge in [0.15, 0.2) is 11.6 Å². The minimum Gasteiger partial charge on any atom is -0.461 e. The number of amidine groups is 1. The minimum absolute atomic E-state index is 0.479. The molecule has 1 aromatic heterocycles. The Morgan fingerprint density at radius 2 is 2.08 bits per heavy atom. The molecule has 1 N–H and O–H groups in total. The third-order valence-corrected chi connectivity index (χ3v) is 2.16. The molecule has 1 rings (SSSR count). The summed E-state index contributed by atoms with van der Waals surface area (Å²) in [7, 11) is 0. The molecule has 0 bridgehead atoms. The zero-order chi connectivity index (χ0) is 9.84. The van der Waals surface area contributed by atoms with Crippen molar-refractivity contribution in [2.24, 2.45) is 0 Å². The lowest BCUT2D eigenvalue weighted by atomic mass is 10.2. The van der Waals surface area contributed by atoms with Crippen LogP contribution < -0.4 is 0 Å². The van der Waals surface area contributed by atoms with Crippen LogP contribution in [0.2, 0.25) is 0 Å². The Hall–Kier alpha value is -1.25. The Balaban J connectivity index is 2.84. The molecule has 0 unspecified atom stereocenters. The van der Waals surface area contributed by atoms with E-state index in [0.29, 0.717) is 11.6 Å². The van der Waals surface area contributed by atoms with Crippen molar-refractivity contribution in [3.8, 4) is 0 Å². The van der Waals surface area contributed by atoms with Crippen molar-refractivity contribution in [3.05, 3.63) is 23.7 Å². The zero-order valence-corrected chi connectivity index (χ0v) is 8.42. The van der Waals surface area contributed by atoms with Crippen molar-refractivity contribution >= 4 is 5.84 Å². The van der Waals surface area contributed by atoms with Gasteiger partial charge in [-0.1, -0.05) is 0 Å². The van der Waals surface area contributed by atoms with E-state index in [0.717, 1.165) is 18.7 Å². The first-order valence-corrected chi connectivity index (χ1v) is 4.58. The van der Waals surface area contributed by atoms with E-state index < -0.39 is 0 Å².